The van der Waals surface area contributed by atoms with Gasteiger partial charge in [-0.1, -0.05) is 42.5 Å². The van der Waals surface area contributed by atoms with Gasteiger partial charge in [-0.05, 0) is 53.9 Å². The number of benzene rings is 4. The van der Waals surface area contributed by atoms with Gasteiger partial charge in [0.1, 0.15) is 17.7 Å². The molecule has 6 aromatic rings. The molecule has 0 atom stereocenters. The molecule has 4 aromatic carbocycles. The quantitative estimate of drug-likeness (QED) is 0.377. The van der Waals surface area contributed by atoms with Crippen LogP contribution in [0.3, 0.4) is 0 Å². The number of halogens is 1. The maximum absolute atomic E-state index is 14.2. The fraction of sp³-hybridized carbons (Fsp3) is 0.0357. The van der Waals surface area contributed by atoms with Gasteiger partial charge in [0.05, 0.1) is 22.2 Å². The number of carbonyl (C=O) groups is 1. The van der Waals surface area contributed by atoms with Crippen LogP contribution in [0.5, 0.6) is 0 Å². The van der Waals surface area contributed by atoms with E-state index in [0.29, 0.717) is 16.8 Å². The number of aromatic amines is 1. The Morgan fingerprint density at radius 1 is 0.943 bits per heavy atom. The second-order valence-electron chi connectivity index (χ2n) is 8.45. The zero-order valence-electron chi connectivity index (χ0n) is 18.7. The van der Waals surface area contributed by atoms with E-state index in [-0.39, 0.29) is 16.5 Å². The Hall–Kier alpha value is -4.78. The molecule has 0 aliphatic carbocycles. The van der Waals surface area contributed by atoms with Gasteiger partial charge in [0.15, 0.2) is 0 Å². The average Bonchev–Trinajstić information content (AvgIpc) is 3.24. The highest BCUT2D eigenvalue weighted by Crippen LogP contribution is 2.38. The van der Waals surface area contributed by atoms with Crippen molar-refractivity contribution in [2.24, 2.45) is 5.73 Å². The van der Waals surface area contributed by atoms with Crippen molar-refractivity contribution in [3.05, 3.63) is 106 Å². The summed E-state index contributed by atoms with van der Waals surface area (Å²) in [6, 6.07) is 21.4. The number of carbonyl (C=O) groups excluding carboxylic acids is 1. The number of aromatic nitrogens is 3. The third-order valence-corrected chi connectivity index (χ3v) is 6.52. The first-order chi connectivity index (χ1) is 17.0. The first kappa shape index (κ1) is 20.8. The molecule has 6 nitrogen and oxygen atoms in total. The lowest BCUT2D eigenvalue weighted by Gasteiger charge is -2.15. The van der Waals surface area contributed by atoms with Crippen molar-refractivity contribution < 1.29 is 9.18 Å². The summed E-state index contributed by atoms with van der Waals surface area (Å²) in [7, 11) is 0. The standard InChI is InChI=1S/C28H19FN4O2/c1-15-16(7-5-11-23(15)33-14-31-25-20(28(33)35)8-4-9-21(25)29)17-12-13-19(27(30)34)26-24(17)18-6-2-3-10-22(18)32-26/h2-14,32H,1H3,(H2,30,34). The number of hydrogen-bond acceptors (Lipinski definition) is 3. The van der Waals surface area contributed by atoms with E-state index >= 15 is 0 Å². The van der Waals surface area contributed by atoms with Gasteiger partial charge in [-0.15, -0.1) is 0 Å². The number of nitrogens with zero attached hydrogens (tertiary/aromatic N) is 2. The fourth-order valence-electron chi connectivity index (χ4n) is 4.85. The molecule has 35 heavy (non-hydrogen) atoms. The molecule has 0 aliphatic heterocycles. The fourth-order valence-corrected chi connectivity index (χ4v) is 4.85. The third kappa shape index (κ3) is 3.05. The molecule has 1 amide bonds. The zero-order valence-corrected chi connectivity index (χ0v) is 18.7. The zero-order chi connectivity index (χ0) is 24.3. The van der Waals surface area contributed by atoms with Crippen molar-refractivity contribution in [3.63, 3.8) is 0 Å². The van der Waals surface area contributed by atoms with Crippen LogP contribution in [0.15, 0.2) is 83.9 Å². The molecule has 0 spiro atoms. The van der Waals surface area contributed by atoms with Gasteiger partial charge in [0, 0.05) is 16.3 Å². The predicted molar refractivity (Wildman–Crippen MR) is 135 cm³/mol. The number of nitrogens with one attached hydrogen (secondary N) is 1. The minimum absolute atomic E-state index is 0.0464. The minimum Gasteiger partial charge on any atom is -0.366 e. The Kier molecular flexibility index (Phi) is 4.54. The van der Waals surface area contributed by atoms with Gasteiger partial charge >= 0.3 is 0 Å². The lowest BCUT2D eigenvalue weighted by molar-refractivity contribution is 0.100. The van der Waals surface area contributed by atoms with Crippen molar-refractivity contribution in [1.82, 2.24) is 14.5 Å². The van der Waals surface area contributed by atoms with Crippen LogP contribution in [-0.4, -0.2) is 20.4 Å². The number of hydrogen-bond donors (Lipinski definition) is 2. The Morgan fingerprint density at radius 3 is 2.54 bits per heavy atom. The van der Waals surface area contributed by atoms with Gasteiger partial charge in [-0.2, -0.15) is 0 Å². The smallest absolute Gasteiger partial charge is 0.265 e. The van der Waals surface area contributed by atoms with Gasteiger partial charge < -0.3 is 10.7 Å². The second kappa shape index (κ2) is 7.63. The summed E-state index contributed by atoms with van der Waals surface area (Å²) in [4.78, 5) is 32.9. The van der Waals surface area contributed by atoms with Crippen LogP contribution in [0.2, 0.25) is 0 Å². The summed E-state index contributed by atoms with van der Waals surface area (Å²) >= 11 is 0. The average molecular weight is 462 g/mol. The number of H-pyrrole nitrogens is 1. The van der Waals surface area contributed by atoms with Crippen molar-refractivity contribution in [2.45, 2.75) is 6.92 Å². The van der Waals surface area contributed by atoms with Gasteiger partial charge in [0.2, 0.25) is 0 Å². The first-order valence-electron chi connectivity index (χ1n) is 11.0. The monoisotopic (exact) mass is 462 g/mol. The predicted octanol–water partition coefficient (Wildman–Crippen LogP) is 5.23. The van der Waals surface area contributed by atoms with E-state index in [9.17, 15) is 14.0 Å². The van der Waals surface area contributed by atoms with Gasteiger partial charge in [-0.3, -0.25) is 14.2 Å². The van der Waals surface area contributed by atoms with E-state index in [1.165, 1.54) is 23.0 Å². The van der Waals surface area contributed by atoms with Gasteiger partial charge in [-0.25, -0.2) is 9.37 Å². The Balaban J connectivity index is 1.64. The molecule has 0 saturated carbocycles. The number of rotatable bonds is 3. The topological polar surface area (TPSA) is 93.8 Å². The number of para-hydroxylation sites is 2. The summed E-state index contributed by atoms with van der Waals surface area (Å²) in [6.45, 7) is 1.93. The highest BCUT2D eigenvalue weighted by Gasteiger charge is 2.19. The SMILES string of the molecule is Cc1c(-c2ccc(C(N)=O)c3[nH]c4ccccc4c23)cccc1-n1cnc2c(F)cccc2c1=O. The van der Waals surface area contributed by atoms with Crippen LogP contribution in [0, 0.1) is 12.7 Å². The van der Waals surface area contributed by atoms with E-state index in [1.807, 2.05) is 55.5 Å². The van der Waals surface area contributed by atoms with E-state index in [2.05, 4.69) is 9.97 Å². The largest absolute Gasteiger partial charge is 0.366 e. The van der Waals surface area contributed by atoms with E-state index < -0.39 is 11.7 Å². The number of primary amides is 1. The molecule has 170 valence electrons. The summed E-state index contributed by atoms with van der Waals surface area (Å²) in [6.07, 6.45) is 1.36. The van der Waals surface area contributed by atoms with Crippen molar-refractivity contribution in [2.75, 3.05) is 0 Å². The summed E-state index contributed by atoms with van der Waals surface area (Å²) < 4.78 is 15.6. The molecular formula is C28H19FN4O2. The van der Waals surface area contributed by atoms with E-state index in [4.69, 9.17) is 5.73 Å². The molecule has 3 N–H and O–H groups in total. The normalized spacial score (nSPS) is 11.5. The van der Waals surface area contributed by atoms with Crippen molar-refractivity contribution in [1.29, 1.82) is 0 Å². The second-order valence-corrected chi connectivity index (χ2v) is 8.45. The molecule has 0 unspecified atom stereocenters. The van der Waals surface area contributed by atoms with E-state index in [0.717, 1.165) is 33.0 Å². The van der Waals surface area contributed by atoms with E-state index in [1.54, 1.807) is 12.1 Å². The van der Waals surface area contributed by atoms with Crippen molar-refractivity contribution in [3.8, 4) is 16.8 Å². The molecule has 0 aliphatic rings. The van der Waals surface area contributed by atoms with Crippen molar-refractivity contribution >= 4 is 38.6 Å². The highest BCUT2D eigenvalue weighted by atomic mass is 19.1. The summed E-state index contributed by atoms with van der Waals surface area (Å²) in [5, 5.41) is 2.05. The lowest BCUT2D eigenvalue weighted by atomic mass is 9.93. The molecule has 0 bridgehead atoms. The summed E-state index contributed by atoms with van der Waals surface area (Å²) in [5.41, 5.74) is 10.6. The molecule has 2 heterocycles. The third-order valence-electron chi connectivity index (χ3n) is 6.52. The molecule has 0 radical (unpaired) electrons. The van der Waals surface area contributed by atoms with Crippen LogP contribution >= 0.6 is 0 Å². The molecule has 6 rings (SSSR count). The Labute approximate surface area is 198 Å². The van der Waals surface area contributed by atoms with Crippen LogP contribution < -0.4 is 11.3 Å². The maximum atomic E-state index is 14.2. The Morgan fingerprint density at radius 2 is 1.71 bits per heavy atom. The number of amides is 1. The first-order valence-corrected chi connectivity index (χ1v) is 11.0. The molecular weight excluding hydrogens is 443 g/mol. The lowest BCUT2D eigenvalue weighted by Crippen LogP contribution is -2.20. The van der Waals surface area contributed by atoms with Crippen LogP contribution in [0.1, 0.15) is 15.9 Å². The minimum atomic E-state index is -0.534. The highest BCUT2D eigenvalue weighted by molar-refractivity contribution is 6.20. The molecule has 0 saturated heterocycles. The summed E-state index contributed by atoms with van der Waals surface area (Å²) in [5.74, 6) is -1.05. The van der Waals surface area contributed by atoms with Crippen LogP contribution in [0.25, 0.3) is 49.5 Å². The molecule has 7 heteroatoms. The molecule has 0 fully saturated rings. The van der Waals surface area contributed by atoms with Crippen LogP contribution in [0.4, 0.5) is 4.39 Å². The Bertz CT molecular complexity index is 1880. The maximum Gasteiger partial charge on any atom is 0.265 e. The number of nitrogens with two attached hydrogens (primary N) is 1. The van der Waals surface area contributed by atoms with Crippen LogP contribution in [-0.2, 0) is 0 Å². The molecule has 2 aromatic heterocycles. The number of fused-ring (bicyclic) bond motifs is 4. The van der Waals surface area contributed by atoms with Gasteiger partial charge in [0.25, 0.3) is 11.5 Å².